The highest BCUT2D eigenvalue weighted by Crippen LogP contribution is 2.14. The van der Waals surface area contributed by atoms with Gasteiger partial charge in [-0.05, 0) is 25.0 Å². The quantitative estimate of drug-likeness (QED) is 0.844. The molecule has 1 amide bonds. The van der Waals surface area contributed by atoms with Crippen molar-refractivity contribution in [3.63, 3.8) is 0 Å². The first kappa shape index (κ1) is 14.5. The van der Waals surface area contributed by atoms with Crippen molar-refractivity contribution in [2.24, 2.45) is 5.73 Å². The van der Waals surface area contributed by atoms with Crippen molar-refractivity contribution in [1.29, 1.82) is 0 Å². The van der Waals surface area contributed by atoms with E-state index in [0.29, 0.717) is 18.8 Å². The molecule has 0 saturated carbocycles. The fraction of sp³-hybridized carbons (Fsp3) is 0.500. The van der Waals surface area contributed by atoms with Crippen LogP contribution < -0.4 is 10.5 Å². The van der Waals surface area contributed by atoms with E-state index < -0.39 is 0 Å². The van der Waals surface area contributed by atoms with Crippen molar-refractivity contribution in [3.8, 4) is 5.75 Å². The number of hydrogen-bond acceptors (Lipinski definition) is 3. The van der Waals surface area contributed by atoms with Gasteiger partial charge < -0.3 is 15.4 Å². The molecule has 4 nitrogen and oxygen atoms in total. The van der Waals surface area contributed by atoms with Crippen LogP contribution in [-0.2, 0) is 0 Å². The molecule has 1 aromatic rings. The molecule has 18 heavy (non-hydrogen) atoms. The molecule has 0 heterocycles. The molecular formula is C14H22N2O2. The Morgan fingerprint density at radius 2 is 1.89 bits per heavy atom. The minimum absolute atomic E-state index is 0.185. The number of carbonyl (C=O) groups is 1. The second-order valence-corrected chi connectivity index (χ2v) is 4.13. The standard InChI is InChI=1S/C14H22N2O2/c1-3-12(4-2)16(11-10-15)14(17)18-13-8-6-5-7-9-13/h5-9,12H,3-4,10-11,15H2,1-2H3. The summed E-state index contributed by atoms with van der Waals surface area (Å²) in [5.74, 6) is 0.565. The molecule has 0 aromatic heterocycles. The first-order valence-corrected chi connectivity index (χ1v) is 6.46. The van der Waals surface area contributed by atoms with Crippen LogP contribution in [0.2, 0.25) is 0 Å². The van der Waals surface area contributed by atoms with Crippen molar-refractivity contribution >= 4 is 6.09 Å². The van der Waals surface area contributed by atoms with Gasteiger partial charge in [0.2, 0.25) is 0 Å². The average Bonchev–Trinajstić information content (AvgIpc) is 2.40. The third-order valence-corrected chi connectivity index (χ3v) is 2.94. The Balaban J connectivity index is 2.70. The molecule has 0 saturated heterocycles. The van der Waals surface area contributed by atoms with Gasteiger partial charge in [-0.1, -0.05) is 32.0 Å². The summed E-state index contributed by atoms with van der Waals surface area (Å²) in [5, 5.41) is 0. The Morgan fingerprint density at radius 3 is 2.39 bits per heavy atom. The molecule has 0 spiro atoms. The highest BCUT2D eigenvalue weighted by Gasteiger charge is 2.22. The van der Waals surface area contributed by atoms with Crippen molar-refractivity contribution in [2.75, 3.05) is 13.1 Å². The van der Waals surface area contributed by atoms with Crippen molar-refractivity contribution in [3.05, 3.63) is 30.3 Å². The zero-order valence-corrected chi connectivity index (χ0v) is 11.1. The van der Waals surface area contributed by atoms with Crippen molar-refractivity contribution in [1.82, 2.24) is 4.90 Å². The van der Waals surface area contributed by atoms with Crippen LogP contribution in [0.5, 0.6) is 5.75 Å². The molecule has 100 valence electrons. The summed E-state index contributed by atoms with van der Waals surface area (Å²) >= 11 is 0. The lowest BCUT2D eigenvalue weighted by Crippen LogP contribution is -2.44. The lowest BCUT2D eigenvalue weighted by Gasteiger charge is -2.29. The monoisotopic (exact) mass is 250 g/mol. The van der Waals surface area contributed by atoms with Crippen molar-refractivity contribution in [2.45, 2.75) is 32.7 Å². The van der Waals surface area contributed by atoms with Gasteiger partial charge in [-0.15, -0.1) is 0 Å². The summed E-state index contributed by atoms with van der Waals surface area (Å²) in [6.07, 6.45) is 1.49. The fourth-order valence-electron chi connectivity index (χ4n) is 1.94. The van der Waals surface area contributed by atoms with E-state index in [0.717, 1.165) is 12.8 Å². The number of amides is 1. The number of para-hydroxylation sites is 1. The van der Waals surface area contributed by atoms with Crippen LogP contribution in [0.1, 0.15) is 26.7 Å². The minimum atomic E-state index is -0.319. The van der Waals surface area contributed by atoms with E-state index in [1.54, 1.807) is 17.0 Å². The van der Waals surface area contributed by atoms with Crippen LogP contribution in [-0.4, -0.2) is 30.1 Å². The van der Waals surface area contributed by atoms with Gasteiger partial charge in [0.15, 0.2) is 0 Å². The van der Waals surface area contributed by atoms with Crippen LogP contribution in [0.25, 0.3) is 0 Å². The number of nitrogens with zero attached hydrogens (tertiary/aromatic N) is 1. The third-order valence-electron chi connectivity index (χ3n) is 2.94. The molecule has 4 heteroatoms. The second kappa shape index (κ2) is 7.71. The first-order chi connectivity index (χ1) is 8.72. The summed E-state index contributed by atoms with van der Waals surface area (Å²) in [7, 11) is 0. The maximum absolute atomic E-state index is 12.1. The maximum atomic E-state index is 12.1. The Labute approximate surface area is 109 Å². The number of hydrogen-bond donors (Lipinski definition) is 1. The van der Waals surface area contributed by atoms with Gasteiger partial charge in [-0.2, -0.15) is 0 Å². The summed E-state index contributed by atoms with van der Waals surface area (Å²) < 4.78 is 5.35. The van der Waals surface area contributed by atoms with Gasteiger partial charge >= 0.3 is 6.09 Å². The summed E-state index contributed by atoms with van der Waals surface area (Å²) in [5.41, 5.74) is 5.56. The Morgan fingerprint density at radius 1 is 1.28 bits per heavy atom. The SMILES string of the molecule is CCC(CC)N(CCN)C(=O)Oc1ccccc1. The molecule has 0 aliphatic rings. The number of rotatable bonds is 6. The normalized spacial score (nSPS) is 10.4. The summed E-state index contributed by atoms with van der Waals surface area (Å²) in [4.78, 5) is 13.8. The van der Waals surface area contributed by atoms with Crippen molar-refractivity contribution < 1.29 is 9.53 Å². The topological polar surface area (TPSA) is 55.6 Å². The molecule has 0 fully saturated rings. The lowest BCUT2D eigenvalue weighted by molar-refractivity contribution is 0.129. The molecule has 2 N–H and O–H groups in total. The van der Waals surface area contributed by atoms with Crippen LogP contribution in [0.3, 0.4) is 0 Å². The molecule has 0 unspecified atom stereocenters. The predicted octanol–water partition coefficient (Wildman–Crippen LogP) is 2.63. The molecular weight excluding hydrogens is 228 g/mol. The summed E-state index contributed by atoms with van der Waals surface area (Å²) in [6.45, 7) is 5.10. The van der Waals surface area contributed by atoms with Crippen LogP contribution in [0.15, 0.2) is 30.3 Å². The van der Waals surface area contributed by atoms with E-state index in [9.17, 15) is 4.79 Å². The fourth-order valence-corrected chi connectivity index (χ4v) is 1.94. The smallest absolute Gasteiger partial charge is 0.410 e. The van der Waals surface area contributed by atoms with Crippen LogP contribution in [0.4, 0.5) is 4.79 Å². The second-order valence-electron chi connectivity index (χ2n) is 4.13. The van der Waals surface area contributed by atoms with Gasteiger partial charge in [0.1, 0.15) is 5.75 Å². The molecule has 1 rings (SSSR count). The Kier molecular flexibility index (Phi) is 6.22. The number of nitrogens with two attached hydrogens (primary N) is 1. The number of carbonyl (C=O) groups excluding carboxylic acids is 1. The van der Waals surface area contributed by atoms with Crippen LogP contribution >= 0.6 is 0 Å². The molecule has 0 bridgehead atoms. The highest BCUT2D eigenvalue weighted by molar-refractivity contribution is 5.71. The van der Waals surface area contributed by atoms with E-state index in [1.807, 2.05) is 18.2 Å². The van der Waals surface area contributed by atoms with E-state index in [-0.39, 0.29) is 12.1 Å². The molecule has 1 aromatic carbocycles. The van der Waals surface area contributed by atoms with Gasteiger partial charge in [-0.25, -0.2) is 4.79 Å². The predicted molar refractivity (Wildman–Crippen MR) is 72.6 cm³/mol. The zero-order chi connectivity index (χ0) is 13.4. The highest BCUT2D eigenvalue weighted by atomic mass is 16.6. The molecule has 0 aliphatic carbocycles. The number of ether oxygens (including phenoxy) is 1. The van der Waals surface area contributed by atoms with Crippen LogP contribution in [0, 0.1) is 0 Å². The van der Waals surface area contributed by atoms with E-state index >= 15 is 0 Å². The Bertz CT molecular complexity index is 350. The maximum Gasteiger partial charge on any atom is 0.415 e. The molecule has 0 radical (unpaired) electrons. The van der Waals surface area contributed by atoms with Gasteiger partial charge in [0, 0.05) is 19.1 Å². The molecule has 0 aliphatic heterocycles. The van der Waals surface area contributed by atoms with E-state index in [2.05, 4.69) is 13.8 Å². The molecule has 0 atom stereocenters. The third kappa shape index (κ3) is 4.04. The lowest BCUT2D eigenvalue weighted by atomic mass is 10.1. The van der Waals surface area contributed by atoms with Gasteiger partial charge in [-0.3, -0.25) is 0 Å². The van der Waals surface area contributed by atoms with E-state index in [1.165, 1.54) is 0 Å². The van der Waals surface area contributed by atoms with Gasteiger partial charge in [0.05, 0.1) is 0 Å². The zero-order valence-electron chi connectivity index (χ0n) is 11.1. The number of benzene rings is 1. The van der Waals surface area contributed by atoms with E-state index in [4.69, 9.17) is 10.5 Å². The Hall–Kier alpha value is -1.55. The largest absolute Gasteiger partial charge is 0.415 e. The first-order valence-electron chi connectivity index (χ1n) is 6.46. The average molecular weight is 250 g/mol. The van der Waals surface area contributed by atoms with Gasteiger partial charge in [0.25, 0.3) is 0 Å². The minimum Gasteiger partial charge on any atom is -0.410 e. The summed E-state index contributed by atoms with van der Waals surface area (Å²) in [6, 6.07) is 9.29.